The highest BCUT2D eigenvalue weighted by Crippen LogP contribution is 2.24. The van der Waals surface area contributed by atoms with Crippen LogP contribution in [0.1, 0.15) is 18.4 Å². The molecule has 0 bridgehead atoms. The zero-order chi connectivity index (χ0) is 16.2. The lowest BCUT2D eigenvalue weighted by atomic mass is 9.99. The fraction of sp³-hybridized carbons (Fsp3) is 0.533. The quantitative estimate of drug-likeness (QED) is 0.814. The van der Waals surface area contributed by atoms with Crippen LogP contribution in [-0.4, -0.2) is 44.8 Å². The Morgan fingerprint density at radius 3 is 2.61 bits per heavy atom. The van der Waals surface area contributed by atoms with E-state index >= 15 is 0 Å². The maximum Gasteiger partial charge on any atom is 0.243 e. The van der Waals surface area contributed by atoms with Gasteiger partial charge in [0.25, 0.3) is 0 Å². The van der Waals surface area contributed by atoms with Crippen LogP contribution in [0, 0.1) is 12.8 Å². The molecule has 1 aromatic rings. The van der Waals surface area contributed by atoms with Crippen LogP contribution >= 0.6 is 12.4 Å². The largest absolute Gasteiger partial charge is 0.355 e. The van der Waals surface area contributed by atoms with E-state index < -0.39 is 10.0 Å². The predicted molar refractivity (Wildman–Crippen MR) is 92.0 cm³/mol. The molecule has 0 spiro atoms. The number of carbonyl (C=O) groups excluding carboxylic acids is 1. The number of carbonyl (C=O) groups is 1. The van der Waals surface area contributed by atoms with Gasteiger partial charge >= 0.3 is 0 Å². The molecule has 0 saturated carbocycles. The monoisotopic (exact) mass is 361 g/mol. The molecule has 130 valence electrons. The van der Waals surface area contributed by atoms with Crippen molar-refractivity contribution in [1.82, 2.24) is 9.62 Å². The van der Waals surface area contributed by atoms with Crippen LogP contribution in [0.3, 0.4) is 0 Å². The lowest BCUT2D eigenvalue weighted by molar-refractivity contribution is -0.126. The molecular formula is C15H24ClN3O3S. The number of piperidine rings is 1. The van der Waals surface area contributed by atoms with Crippen molar-refractivity contribution in [2.24, 2.45) is 11.7 Å². The van der Waals surface area contributed by atoms with Gasteiger partial charge in [0.1, 0.15) is 0 Å². The molecule has 1 aliphatic heterocycles. The summed E-state index contributed by atoms with van der Waals surface area (Å²) in [7, 11) is -3.54. The first-order valence-corrected chi connectivity index (χ1v) is 8.94. The Morgan fingerprint density at radius 1 is 1.35 bits per heavy atom. The molecule has 1 amide bonds. The highest BCUT2D eigenvalue weighted by molar-refractivity contribution is 7.89. The molecule has 1 atom stereocenters. The first kappa shape index (κ1) is 19.9. The van der Waals surface area contributed by atoms with Crippen molar-refractivity contribution >= 4 is 28.3 Å². The number of rotatable bonds is 5. The van der Waals surface area contributed by atoms with Gasteiger partial charge in [0.2, 0.25) is 15.9 Å². The first-order chi connectivity index (χ1) is 10.4. The summed E-state index contributed by atoms with van der Waals surface area (Å²) in [5.74, 6) is -0.422. The van der Waals surface area contributed by atoms with Gasteiger partial charge in [-0.15, -0.1) is 12.4 Å². The van der Waals surface area contributed by atoms with E-state index in [-0.39, 0.29) is 35.7 Å². The number of amides is 1. The van der Waals surface area contributed by atoms with Gasteiger partial charge in [0.05, 0.1) is 10.8 Å². The molecule has 3 N–H and O–H groups in total. The number of nitrogens with two attached hydrogens (primary N) is 1. The summed E-state index contributed by atoms with van der Waals surface area (Å²) in [6, 6.07) is 6.79. The molecule has 1 fully saturated rings. The van der Waals surface area contributed by atoms with Gasteiger partial charge in [-0.05, 0) is 31.9 Å². The summed E-state index contributed by atoms with van der Waals surface area (Å²) in [5, 5.41) is 2.74. The third-order valence-corrected chi connectivity index (χ3v) is 5.74. The van der Waals surface area contributed by atoms with Gasteiger partial charge in [0.15, 0.2) is 0 Å². The number of halogens is 1. The number of sulfonamides is 1. The van der Waals surface area contributed by atoms with Gasteiger partial charge in [-0.2, -0.15) is 4.31 Å². The van der Waals surface area contributed by atoms with Crippen LogP contribution in [0.4, 0.5) is 0 Å². The molecule has 1 heterocycles. The molecule has 1 unspecified atom stereocenters. The number of nitrogens with zero attached hydrogens (tertiary/aromatic N) is 1. The summed E-state index contributed by atoms with van der Waals surface area (Å²) in [4.78, 5) is 12.3. The maximum absolute atomic E-state index is 12.7. The molecule has 6 nitrogen and oxygen atoms in total. The van der Waals surface area contributed by atoms with Crippen molar-refractivity contribution in [2.75, 3.05) is 26.2 Å². The zero-order valence-electron chi connectivity index (χ0n) is 13.2. The van der Waals surface area contributed by atoms with Gasteiger partial charge in [-0.3, -0.25) is 4.79 Å². The lowest BCUT2D eigenvalue weighted by Gasteiger charge is -2.31. The molecule has 0 aromatic heterocycles. The van der Waals surface area contributed by atoms with Crippen LogP contribution in [0.25, 0.3) is 0 Å². The Labute approximate surface area is 143 Å². The number of nitrogens with one attached hydrogen (secondary N) is 1. The van der Waals surface area contributed by atoms with Crippen molar-refractivity contribution in [1.29, 1.82) is 0 Å². The van der Waals surface area contributed by atoms with E-state index in [2.05, 4.69) is 5.32 Å². The van der Waals surface area contributed by atoms with Gasteiger partial charge < -0.3 is 11.1 Å². The van der Waals surface area contributed by atoms with Crippen molar-refractivity contribution in [3.8, 4) is 0 Å². The van der Waals surface area contributed by atoms with Crippen LogP contribution < -0.4 is 11.1 Å². The minimum absolute atomic E-state index is 0. The smallest absolute Gasteiger partial charge is 0.243 e. The third-order valence-electron chi connectivity index (χ3n) is 3.86. The number of aryl methyl sites for hydroxylation is 1. The summed E-state index contributed by atoms with van der Waals surface area (Å²) in [6.45, 7) is 3.39. The standard InChI is InChI=1S/C15H23N3O3S.ClH/c1-12-4-6-14(7-5-12)22(20,21)18-10-2-3-13(11-18)15(19)17-9-8-16;/h4-7,13H,2-3,8-11,16H2,1H3,(H,17,19);1H. The summed E-state index contributed by atoms with van der Waals surface area (Å²) >= 11 is 0. The second-order valence-electron chi connectivity index (χ2n) is 5.59. The van der Waals surface area contributed by atoms with Crippen molar-refractivity contribution in [3.05, 3.63) is 29.8 Å². The Hall–Kier alpha value is -1.15. The van der Waals surface area contributed by atoms with Crippen molar-refractivity contribution < 1.29 is 13.2 Å². The summed E-state index contributed by atoms with van der Waals surface area (Å²) in [5.41, 5.74) is 6.38. The maximum atomic E-state index is 12.7. The van der Waals surface area contributed by atoms with E-state index in [1.54, 1.807) is 24.3 Å². The van der Waals surface area contributed by atoms with Crippen molar-refractivity contribution in [3.63, 3.8) is 0 Å². The third kappa shape index (κ3) is 4.91. The number of hydrogen-bond acceptors (Lipinski definition) is 4. The Balaban J connectivity index is 0.00000264. The second-order valence-corrected chi connectivity index (χ2v) is 7.53. The molecule has 0 aliphatic carbocycles. The molecule has 2 rings (SSSR count). The van der Waals surface area contributed by atoms with Gasteiger partial charge in [-0.25, -0.2) is 8.42 Å². The molecule has 0 radical (unpaired) electrons. The molecular weight excluding hydrogens is 338 g/mol. The van der Waals surface area contributed by atoms with E-state index in [1.807, 2.05) is 6.92 Å². The highest BCUT2D eigenvalue weighted by Gasteiger charge is 2.33. The topological polar surface area (TPSA) is 92.5 Å². The minimum atomic E-state index is -3.54. The van der Waals surface area contributed by atoms with E-state index in [9.17, 15) is 13.2 Å². The average Bonchev–Trinajstić information content (AvgIpc) is 2.53. The Bertz CT molecular complexity index is 619. The highest BCUT2D eigenvalue weighted by atomic mass is 35.5. The van der Waals surface area contributed by atoms with E-state index in [1.165, 1.54) is 4.31 Å². The summed E-state index contributed by atoms with van der Waals surface area (Å²) in [6.07, 6.45) is 1.39. The Kier molecular flexibility index (Phi) is 7.47. The van der Waals surface area contributed by atoms with Gasteiger partial charge in [-0.1, -0.05) is 17.7 Å². The predicted octanol–water partition coefficient (Wildman–Crippen LogP) is 0.892. The number of hydrogen-bond donors (Lipinski definition) is 2. The molecule has 1 saturated heterocycles. The second kappa shape index (κ2) is 8.63. The van der Waals surface area contributed by atoms with E-state index in [4.69, 9.17) is 5.73 Å². The SMILES string of the molecule is Cc1ccc(S(=O)(=O)N2CCCC(C(=O)NCCN)C2)cc1.Cl. The fourth-order valence-electron chi connectivity index (χ4n) is 2.57. The molecule has 8 heteroatoms. The minimum Gasteiger partial charge on any atom is -0.355 e. The molecule has 1 aliphatic rings. The zero-order valence-corrected chi connectivity index (χ0v) is 14.8. The molecule has 1 aromatic carbocycles. The van der Waals surface area contributed by atoms with Crippen LogP contribution in [-0.2, 0) is 14.8 Å². The fourth-order valence-corrected chi connectivity index (χ4v) is 4.10. The Morgan fingerprint density at radius 2 is 2.00 bits per heavy atom. The van der Waals surface area contributed by atoms with Crippen LogP contribution in [0.15, 0.2) is 29.2 Å². The molecule has 23 heavy (non-hydrogen) atoms. The van der Waals surface area contributed by atoms with Crippen LogP contribution in [0.2, 0.25) is 0 Å². The average molecular weight is 362 g/mol. The number of benzene rings is 1. The van der Waals surface area contributed by atoms with E-state index in [0.717, 1.165) is 5.56 Å². The van der Waals surface area contributed by atoms with Crippen molar-refractivity contribution in [2.45, 2.75) is 24.7 Å². The van der Waals surface area contributed by atoms with Gasteiger partial charge in [0, 0.05) is 26.2 Å². The lowest BCUT2D eigenvalue weighted by Crippen LogP contribution is -2.46. The van der Waals surface area contributed by atoms with E-state index in [0.29, 0.717) is 32.5 Å². The van der Waals surface area contributed by atoms with Crippen LogP contribution in [0.5, 0.6) is 0 Å². The summed E-state index contributed by atoms with van der Waals surface area (Å²) < 4.78 is 26.7. The normalized spacial score (nSPS) is 19.0. The first-order valence-electron chi connectivity index (χ1n) is 7.49.